The van der Waals surface area contributed by atoms with Crippen LogP contribution in [0, 0.1) is 18.8 Å². The third-order valence-electron chi connectivity index (χ3n) is 6.39. The Labute approximate surface area is 182 Å². The molecule has 168 valence electrons. The van der Waals surface area contributed by atoms with E-state index in [4.69, 9.17) is 9.47 Å². The molecule has 0 amide bonds. The van der Waals surface area contributed by atoms with Crippen molar-refractivity contribution in [1.29, 1.82) is 0 Å². The fourth-order valence-electron chi connectivity index (χ4n) is 4.25. The molecule has 3 rings (SSSR count). The predicted molar refractivity (Wildman–Crippen MR) is 123 cm³/mol. The third-order valence-corrected chi connectivity index (χ3v) is 6.39. The number of ether oxygens (including phenoxy) is 2. The summed E-state index contributed by atoms with van der Waals surface area (Å²) in [5, 5.41) is 6.94. The molecule has 1 atom stereocenters. The van der Waals surface area contributed by atoms with Crippen LogP contribution >= 0.6 is 0 Å². The smallest absolute Gasteiger partial charge is 0.191 e. The number of aliphatic imine (C=N–C) groups is 1. The molecule has 0 bridgehead atoms. The van der Waals surface area contributed by atoms with E-state index >= 15 is 0 Å². The highest BCUT2D eigenvalue weighted by Gasteiger charge is 2.18. The van der Waals surface area contributed by atoms with Crippen LogP contribution in [0.5, 0.6) is 5.75 Å². The first-order valence-corrected chi connectivity index (χ1v) is 11.6. The van der Waals surface area contributed by atoms with E-state index in [9.17, 15) is 0 Å². The molecule has 0 spiro atoms. The molecule has 1 unspecified atom stereocenters. The van der Waals surface area contributed by atoms with Gasteiger partial charge in [0.25, 0.3) is 0 Å². The normalized spacial score (nSPS) is 21.0. The Morgan fingerprint density at radius 3 is 2.73 bits per heavy atom. The topological polar surface area (TPSA) is 58.1 Å². The number of likely N-dealkylation sites (tertiary alicyclic amines) is 1. The van der Waals surface area contributed by atoms with Crippen molar-refractivity contribution in [3.8, 4) is 5.75 Å². The molecule has 0 saturated carbocycles. The maximum absolute atomic E-state index is 6.16. The van der Waals surface area contributed by atoms with Crippen molar-refractivity contribution in [2.24, 2.45) is 16.8 Å². The van der Waals surface area contributed by atoms with Crippen molar-refractivity contribution < 1.29 is 9.47 Å². The van der Waals surface area contributed by atoms with E-state index in [-0.39, 0.29) is 0 Å². The Kier molecular flexibility index (Phi) is 9.27. The fourth-order valence-corrected chi connectivity index (χ4v) is 4.25. The van der Waals surface area contributed by atoms with Gasteiger partial charge in [0.2, 0.25) is 0 Å². The molecule has 6 heteroatoms. The number of piperidine rings is 1. The van der Waals surface area contributed by atoms with Crippen LogP contribution in [0.4, 0.5) is 0 Å². The lowest BCUT2D eigenvalue weighted by Crippen LogP contribution is -2.39. The van der Waals surface area contributed by atoms with E-state index in [0.29, 0.717) is 12.5 Å². The summed E-state index contributed by atoms with van der Waals surface area (Å²) < 4.78 is 11.6. The first-order chi connectivity index (χ1) is 14.7. The number of rotatable bonds is 9. The summed E-state index contributed by atoms with van der Waals surface area (Å²) in [5.74, 6) is 3.16. The first kappa shape index (κ1) is 22.9. The van der Waals surface area contributed by atoms with Crippen molar-refractivity contribution in [3.05, 3.63) is 29.3 Å². The van der Waals surface area contributed by atoms with Crippen LogP contribution in [-0.2, 0) is 11.3 Å². The predicted octanol–water partition coefficient (Wildman–Crippen LogP) is 3.20. The highest BCUT2D eigenvalue weighted by atomic mass is 16.5. The van der Waals surface area contributed by atoms with Gasteiger partial charge in [-0.3, -0.25) is 4.99 Å². The average Bonchev–Trinajstić information content (AvgIpc) is 3.29. The summed E-state index contributed by atoms with van der Waals surface area (Å²) in [5.41, 5.74) is 2.38. The third kappa shape index (κ3) is 7.17. The molecular weight excluding hydrogens is 376 g/mol. The number of nitrogens with zero attached hydrogens (tertiary/aromatic N) is 2. The summed E-state index contributed by atoms with van der Waals surface area (Å²) >= 11 is 0. The van der Waals surface area contributed by atoms with Crippen LogP contribution in [0.25, 0.3) is 0 Å². The van der Waals surface area contributed by atoms with Gasteiger partial charge >= 0.3 is 0 Å². The largest absolute Gasteiger partial charge is 0.493 e. The SMILES string of the molecule is CCN1CCC(CCNC(=NC)NCc2ccc(C)cc2OCC2CCOC2)CC1. The minimum atomic E-state index is 0.505. The maximum Gasteiger partial charge on any atom is 0.191 e. The zero-order chi connectivity index (χ0) is 21.2. The van der Waals surface area contributed by atoms with Crippen LogP contribution < -0.4 is 15.4 Å². The first-order valence-electron chi connectivity index (χ1n) is 11.6. The van der Waals surface area contributed by atoms with E-state index in [1.54, 1.807) is 0 Å². The molecule has 2 saturated heterocycles. The minimum Gasteiger partial charge on any atom is -0.493 e. The highest BCUT2D eigenvalue weighted by molar-refractivity contribution is 5.79. The minimum absolute atomic E-state index is 0.505. The second-order valence-corrected chi connectivity index (χ2v) is 8.67. The van der Waals surface area contributed by atoms with Crippen LogP contribution in [0.15, 0.2) is 23.2 Å². The molecule has 1 aromatic rings. The van der Waals surface area contributed by atoms with E-state index in [0.717, 1.165) is 56.0 Å². The molecule has 2 aliphatic rings. The molecule has 0 aromatic heterocycles. The van der Waals surface area contributed by atoms with Crippen LogP contribution in [0.1, 0.15) is 43.7 Å². The van der Waals surface area contributed by atoms with Gasteiger partial charge in [-0.2, -0.15) is 0 Å². The molecule has 0 aliphatic carbocycles. The van der Waals surface area contributed by atoms with Crippen LogP contribution in [-0.4, -0.2) is 63.9 Å². The summed E-state index contributed by atoms with van der Waals surface area (Å²) in [6.45, 7) is 12.1. The summed E-state index contributed by atoms with van der Waals surface area (Å²) in [6.07, 6.45) is 4.93. The molecular formula is C24H40N4O2. The molecule has 30 heavy (non-hydrogen) atoms. The average molecular weight is 417 g/mol. The van der Waals surface area contributed by atoms with Gasteiger partial charge in [-0.15, -0.1) is 0 Å². The summed E-state index contributed by atoms with van der Waals surface area (Å²) in [4.78, 5) is 6.94. The van der Waals surface area contributed by atoms with Gasteiger partial charge in [-0.25, -0.2) is 0 Å². The van der Waals surface area contributed by atoms with Gasteiger partial charge in [-0.05, 0) is 69.8 Å². The van der Waals surface area contributed by atoms with Gasteiger partial charge < -0.3 is 25.0 Å². The number of guanidine groups is 1. The van der Waals surface area contributed by atoms with Crippen molar-refractivity contribution in [2.45, 2.75) is 46.1 Å². The lowest BCUT2D eigenvalue weighted by molar-refractivity contribution is 0.166. The maximum atomic E-state index is 6.16. The number of nitrogens with one attached hydrogen (secondary N) is 2. The van der Waals surface area contributed by atoms with Crippen molar-refractivity contribution in [3.63, 3.8) is 0 Å². The Bertz CT molecular complexity index is 665. The lowest BCUT2D eigenvalue weighted by Gasteiger charge is -2.31. The fraction of sp³-hybridized carbons (Fsp3) is 0.708. The molecule has 0 radical (unpaired) electrons. The number of hydrogen-bond donors (Lipinski definition) is 2. The van der Waals surface area contributed by atoms with Gasteiger partial charge in [-0.1, -0.05) is 19.1 Å². The van der Waals surface area contributed by atoms with Crippen molar-refractivity contribution in [1.82, 2.24) is 15.5 Å². The van der Waals surface area contributed by atoms with E-state index in [1.165, 1.54) is 44.5 Å². The zero-order valence-corrected chi connectivity index (χ0v) is 19.1. The Hall–Kier alpha value is -1.79. The van der Waals surface area contributed by atoms with Crippen molar-refractivity contribution >= 4 is 5.96 Å². The number of benzene rings is 1. The van der Waals surface area contributed by atoms with Gasteiger partial charge in [0.05, 0.1) is 13.2 Å². The van der Waals surface area contributed by atoms with E-state index < -0.39 is 0 Å². The van der Waals surface area contributed by atoms with E-state index in [1.807, 2.05) is 7.05 Å². The highest BCUT2D eigenvalue weighted by Crippen LogP contribution is 2.23. The Morgan fingerprint density at radius 1 is 1.20 bits per heavy atom. The zero-order valence-electron chi connectivity index (χ0n) is 19.1. The summed E-state index contributed by atoms with van der Waals surface area (Å²) in [6, 6.07) is 6.42. The quantitative estimate of drug-likeness (QED) is 0.478. The molecule has 2 heterocycles. The number of hydrogen-bond acceptors (Lipinski definition) is 4. The van der Waals surface area contributed by atoms with Crippen LogP contribution in [0.2, 0.25) is 0 Å². The Balaban J connectivity index is 1.42. The number of aryl methyl sites for hydroxylation is 1. The lowest BCUT2D eigenvalue weighted by atomic mass is 9.93. The second kappa shape index (κ2) is 12.2. The Morgan fingerprint density at radius 2 is 2.03 bits per heavy atom. The van der Waals surface area contributed by atoms with Gasteiger partial charge in [0.1, 0.15) is 5.75 Å². The molecule has 2 fully saturated rings. The molecule has 6 nitrogen and oxygen atoms in total. The standard InChI is InChI=1S/C24H40N4O2/c1-4-28-12-8-20(9-13-28)7-11-26-24(25-3)27-16-22-6-5-19(2)15-23(22)30-18-21-10-14-29-17-21/h5-6,15,20-21H,4,7-14,16-18H2,1-3H3,(H2,25,26,27). The van der Waals surface area contributed by atoms with Crippen molar-refractivity contribution in [2.75, 3.05) is 53.0 Å². The second-order valence-electron chi connectivity index (χ2n) is 8.67. The monoisotopic (exact) mass is 416 g/mol. The van der Waals surface area contributed by atoms with Gasteiger partial charge in [0.15, 0.2) is 5.96 Å². The van der Waals surface area contributed by atoms with Crippen LogP contribution in [0.3, 0.4) is 0 Å². The molecule has 2 N–H and O–H groups in total. The van der Waals surface area contributed by atoms with Gasteiger partial charge in [0, 0.05) is 38.2 Å². The molecule has 1 aromatic carbocycles. The molecule has 2 aliphatic heterocycles. The van der Waals surface area contributed by atoms with E-state index in [2.05, 4.69) is 52.6 Å². The summed E-state index contributed by atoms with van der Waals surface area (Å²) in [7, 11) is 1.84.